The zero-order valence-electron chi connectivity index (χ0n) is 14.4. The van der Waals surface area contributed by atoms with Crippen LogP contribution in [0.1, 0.15) is 18.4 Å². The smallest absolute Gasteiger partial charge is 0.191 e. The molecule has 0 saturated carbocycles. The number of likely N-dealkylation sites (N-methyl/N-ethyl adjacent to an activating group) is 1. The van der Waals surface area contributed by atoms with E-state index >= 15 is 0 Å². The Hall–Kier alpha value is -3.14. The summed E-state index contributed by atoms with van der Waals surface area (Å²) in [7, 11) is 0. The molecule has 5 nitrogen and oxygen atoms in total. The fourth-order valence-corrected chi connectivity index (χ4v) is 4.07. The number of rotatable bonds is 2. The Bertz CT molecular complexity index is 911. The second-order valence-electron chi connectivity index (χ2n) is 6.55. The summed E-state index contributed by atoms with van der Waals surface area (Å²) < 4.78 is 14.7. The molecule has 2 atom stereocenters. The van der Waals surface area contributed by atoms with Crippen molar-refractivity contribution in [2.45, 2.75) is 12.8 Å². The van der Waals surface area contributed by atoms with Crippen LogP contribution in [0.3, 0.4) is 0 Å². The van der Waals surface area contributed by atoms with E-state index in [2.05, 4.69) is 11.0 Å². The van der Waals surface area contributed by atoms with E-state index in [0.717, 1.165) is 6.54 Å². The van der Waals surface area contributed by atoms with Gasteiger partial charge in [-0.2, -0.15) is 15.8 Å². The topological polar surface area (TPSA) is 101 Å². The van der Waals surface area contributed by atoms with Crippen molar-refractivity contribution in [3.8, 4) is 18.2 Å². The predicted molar refractivity (Wildman–Crippen MR) is 93.3 cm³/mol. The van der Waals surface area contributed by atoms with E-state index in [1.165, 1.54) is 6.07 Å². The van der Waals surface area contributed by atoms with E-state index in [4.69, 9.17) is 5.73 Å². The van der Waals surface area contributed by atoms with Gasteiger partial charge in [0.15, 0.2) is 5.41 Å². The highest BCUT2D eigenvalue weighted by molar-refractivity contribution is 5.59. The van der Waals surface area contributed by atoms with Gasteiger partial charge in [0.25, 0.3) is 0 Å². The van der Waals surface area contributed by atoms with Gasteiger partial charge in [0.2, 0.25) is 0 Å². The van der Waals surface area contributed by atoms with Crippen LogP contribution in [-0.2, 0) is 0 Å². The summed E-state index contributed by atoms with van der Waals surface area (Å²) in [4.78, 5) is 2.14. The summed E-state index contributed by atoms with van der Waals surface area (Å²) in [5, 5.41) is 29.4. The number of nitriles is 3. The van der Waals surface area contributed by atoms with Crippen molar-refractivity contribution in [2.75, 3.05) is 19.6 Å². The SMILES string of the molecule is CCN1CC=C2C(C#N)=C(N)C(C#N)(C#N)[C@H](c3ccccc3F)[C@@H]2C1. The van der Waals surface area contributed by atoms with Crippen molar-refractivity contribution in [1.82, 2.24) is 4.90 Å². The molecular formula is C20H18FN5. The van der Waals surface area contributed by atoms with Crippen molar-refractivity contribution in [3.05, 3.63) is 58.6 Å². The number of hydrogen-bond acceptors (Lipinski definition) is 5. The second kappa shape index (κ2) is 6.64. The minimum atomic E-state index is -1.79. The van der Waals surface area contributed by atoms with Crippen LogP contribution in [0.5, 0.6) is 0 Å². The van der Waals surface area contributed by atoms with E-state index in [0.29, 0.717) is 18.7 Å². The molecule has 0 radical (unpaired) electrons. The van der Waals surface area contributed by atoms with Gasteiger partial charge in [-0.05, 0) is 23.7 Å². The van der Waals surface area contributed by atoms with E-state index in [1.54, 1.807) is 18.2 Å². The normalized spacial score (nSPS) is 24.7. The maximum atomic E-state index is 14.7. The molecule has 0 spiro atoms. The highest BCUT2D eigenvalue weighted by atomic mass is 19.1. The first-order valence-electron chi connectivity index (χ1n) is 8.44. The number of benzene rings is 1. The molecule has 0 bridgehead atoms. The Morgan fingerprint density at radius 1 is 1.27 bits per heavy atom. The summed E-state index contributed by atoms with van der Waals surface area (Å²) in [6.07, 6.45) is 1.91. The molecule has 26 heavy (non-hydrogen) atoms. The lowest BCUT2D eigenvalue weighted by Gasteiger charge is -2.45. The van der Waals surface area contributed by atoms with Crippen LogP contribution in [0.4, 0.5) is 4.39 Å². The van der Waals surface area contributed by atoms with Gasteiger partial charge in [-0.25, -0.2) is 4.39 Å². The average molecular weight is 347 g/mol. The standard InChI is InChI=1S/C20H18FN5/c1-2-26-8-7-13-15(9-22)19(25)20(11-23,12-24)18(16(13)10-26)14-5-3-4-6-17(14)21/h3-7,16,18H,2,8,10,25H2,1H3/t16-,18-/m1/s1. The average Bonchev–Trinajstić information content (AvgIpc) is 2.67. The molecule has 1 heterocycles. The highest BCUT2D eigenvalue weighted by Gasteiger charge is 2.55. The van der Waals surface area contributed by atoms with E-state index < -0.39 is 17.2 Å². The molecule has 3 rings (SSSR count). The number of nitrogens with zero attached hydrogens (tertiary/aromatic N) is 4. The zero-order valence-corrected chi connectivity index (χ0v) is 14.4. The molecule has 1 aromatic carbocycles. The molecule has 6 heteroatoms. The van der Waals surface area contributed by atoms with Gasteiger partial charge in [-0.15, -0.1) is 0 Å². The minimum Gasteiger partial charge on any atom is -0.399 e. The Labute approximate surface area is 152 Å². The monoisotopic (exact) mass is 347 g/mol. The summed E-state index contributed by atoms with van der Waals surface area (Å²) in [6.45, 7) is 3.97. The molecule has 1 aliphatic carbocycles. The second-order valence-corrected chi connectivity index (χ2v) is 6.55. The molecule has 0 aromatic heterocycles. The fraction of sp³-hybridized carbons (Fsp3) is 0.350. The van der Waals surface area contributed by atoms with Crippen LogP contribution in [0.25, 0.3) is 0 Å². The molecule has 1 aromatic rings. The van der Waals surface area contributed by atoms with E-state index in [-0.39, 0.29) is 22.8 Å². The van der Waals surface area contributed by atoms with Gasteiger partial charge in [0.05, 0.1) is 23.4 Å². The lowest BCUT2D eigenvalue weighted by Crippen LogP contribution is -2.48. The molecule has 130 valence electrons. The lowest BCUT2D eigenvalue weighted by molar-refractivity contribution is 0.212. The van der Waals surface area contributed by atoms with Crippen LogP contribution in [0, 0.1) is 51.1 Å². The Morgan fingerprint density at radius 3 is 2.54 bits per heavy atom. The summed E-state index contributed by atoms with van der Waals surface area (Å²) in [6, 6.07) is 12.3. The van der Waals surface area contributed by atoms with Gasteiger partial charge in [-0.1, -0.05) is 31.2 Å². The van der Waals surface area contributed by atoms with E-state index in [9.17, 15) is 20.2 Å². The third-order valence-corrected chi connectivity index (χ3v) is 5.43. The predicted octanol–water partition coefficient (Wildman–Crippen LogP) is 2.57. The minimum absolute atomic E-state index is 0.0781. The fourth-order valence-electron chi connectivity index (χ4n) is 4.07. The maximum absolute atomic E-state index is 14.7. The van der Waals surface area contributed by atoms with Crippen LogP contribution in [0.2, 0.25) is 0 Å². The molecule has 2 aliphatic rings. The Kier molecular flexibility index (Phi) is 4.51. The quantitative estimate of drug-likeness (QED) is 0.886. The molecule has 0 fully saturated rings. The van der Waals surface area contributed by atoms with Gasteiger partial charge < -0.3 is 5.73 Å². The van der Waals surface area contributed by atoms with Crippen LogP contribution < -0.4 is 5.73 Å². The molecule has 2 N–H and O–H groups in total. The van der Waals surface area contributed by atoms with Gasteiger partial charge in [-0.3, -0.25) is 4.90 Å². The molecule has 0 amide bonds. The van der Waals surface area contributed by atoms with Crippen molar-refractivity contribution >= 4 is 0 Å². The number of hydrogen-bond donors (Lipinski definition) is 1. The number of allylic oxidation sites excluding steroid dienone is 2. The van der Waals surface area contributed by atoms with Crippen molar-refractivity contribution < 1.29 is 4.39 Å². The Balaban J connectivity index is 2.34. The Morgan fingerprint density at radius 2 is 1.96 bits per heavy atom. The number of nitrogens with two attached hydrogens (primary N) is 1. The van der Waals surface area contributed by atoms with Crippen molar-refractivity contribution in [1.29, 1.82) is 15.8 Å². The molecular weight excluding hydrogens is 329 g/mol. The van der Waals surface area contributed by atoms with Crippen LogP contribution in [0.15, 0.2) is 47.2 Å². The lowest BCUT2D eigenvalue weighted by atomic mass is 9.58. The largest absolute Gasteiger partial charge is 0.399 e. The van der Waals surface area contributed by atoms with Crippen LogP contribution >= 0.6 is 0 Å². The molecule has 1 aliphatic heterocycles. The first-order valence-corrected chi connectivity index (χ1v) is 8.44. The third kappa shape index (κ3) is 2.37. The van der Waals surface area contributed by atoms with Crippen molar-refractivity contribution in [3.63, 3.8) is 0 Å². The first-order chi connectivity index (χ1) is 12.5. The summed E-state index contributed by atoms with van der Waals surface area (Å²) in [5.41, 5.74) is 5.49. The molecule has 0 unspecified atom stereocenters. The summed E-state index contributed by atoms with van der Waals surface area (Å²) >= 11 is 0. The number of fused-ring (bicyclic) bond motifs is 1. The van der Waals surface area contributed by atoms with Crippen LogP contribution in [-0.4, -0.2) is 24.5 Å². The van der Waals surface area contributed by atoms with E-state index in [1.807, 2.05) is 25.1 Å². The van der Waals surface area contributed by atoms with Gasteiger partial charge in [0, 0.05) is 24.9 Å². The van der Waals surface area contributed by atoms with Gasteiger partial charge >= 0.3 is 0 Å². The third-order valence-electron chi connectivity index (χ3n) is 5.43. The maximum Gasteiger partial charge on any atom is 0.191 e. The number of halogens is 1. The first kappa shape index (κ1) is 17.7. The highest BCUT2D eigenvalue weighted by Crippen LogP contribution is 2.54. The van der Waals surface area contributed by atoms with Crippen molar-refractivity contribution in [2.24, 2.45) is 17.1 Å². The molecule has 0 saturated heterocycles. The van der Waals surface area contributed by atoms with Gasteiger partial charge in [0.1, 0.15) is 11.9 Å². The zero-order chi connectivity index (χ0) is 18.9. The summed E-state index contributed by atoms with van der Waals surface area (Å²) in [5.74, 6) is -1.62.